The summed E-state index contributed by atoms with van der Waals surface area (Å²) in [6.45, 7) is 6.28. The molecule has 3 heterocycles. The van der Waals surface area contributed by atoms with Crippen molar-refractivity contribution in [2.45, 2.75) is 43.7 Å². The molecule has 3 aliphatic heterocycles. The molecule has 3 nitrogen and oxygen atoms in total. The third-order valence-electron chi connectivity index (χ3n) is 8.78. The van der Waals surface area contributed by atoms with Gasteiger partial charge in [-0.3, -0.25) is 4.90 Å². The van der Waals surface area contributed by atoms with E-state index in [-0.39, 0.29) is 0 Å². The minimum atomic E-state index is 0.349. The fraction of sp³-hybridized carbons (Fsp3) is 0.556. The van der Waals surface area contributed by atoms with Crippen molar-refractivity contribution in [3.63, 3.8) is 0 Å². The maximum atomic E-state index is 2.83. The molecule has 3 fully saturated rings. The zero-order valence-electron chi connectivity index (χ0n) is 18.3. The van der Waals surface area contributed by atoms with Crippen molar-refractivity contribution in [3.05, 3.63) is 65.7 Å². The fourth-order valence-corrected chi connectivity index (χ4v) is 7.44. The van der Waals surface area contributed by atoms with Crippen molar-refractivity contribution in [3.8, 4) is 0 Å². The van der Waals surface area contributed by atoms with Crippen LogP contribution < -0.4 is 4.90 Å². The molecule has 0 bridgehead atoms. The van der Waals surface area contributed by atoms with Gasteiger partial charge in [-0.2, -0.15) is 0 Å². The van der Waals surface area contributed by atoms with Gasteiger partial charge < -0.3 is 9.80 Å². The minimum Gasteiger partial charge on any atom is -0.365 e. The lowest BCUT2D eigenvalue weighted by Gasteiger charge is -2.51. The van der Waals surface area contributed by atoms with Crippen LogP contribution >= 0.6 is 0 Å². The van der Waals surface area contributed by atoms with Crippen LogP contribution in [-0.4, -0.2) is 55.1 Å². The average molecular weight is 402 g/mol. The molecule has 0 amide bonds. The van der Waals surface area contributed by atoms with Crippen LogP contribution in [0.1, 0.15) is 42.9 Å². The second-order valence-corrected chi connectivity index (χ2v) is 10.3. The molecule has 1 aliphatic carbocycles. The van der Waals surface area contributed by atoms with Crippen LogP contribution in [0.15, 0.2) is 54.6 Å². The Labute approximate surface area is 181 Å². The first-order chi connectivity index (χ1) is 14.7. The Morgan fingerprint density at radius 1 is 0.867 bits per heavy atom. The van der Waals surface area contributed by atoms with Gasteiger partial charge in [0.25, 0.3) is 0 Å². The van der Waals surface area contributed by atoms with Crippen LogP contribution in [0.4, 0.5) is 5.69 Å². The summed E-state index contributed by atoms with van der Waals surface area (Å²) in [5.41, 5.74) is 5.01. The maximum absolute atomic E-state index is 2.83. The molecule has 4 aliphatic rings. The molecule has 2 aromatic rings. The van der Waals surface area contributed by atoms with Gasteiger partial charge in [0.1, 0.15) is 0 Å². The molecule has 3 heteroatoms. The van der Waals surface area contributed by atoms with E-state index < -0.39 is 0 Å². The van der Waals surface area contributed by atoms with E-state index in [0.717, 1.165) is 11.8 Å². The number of para-hydroxylation sites is 1. The van der Waals surface area contributed by atoms with E-state index in [4.69, 9.17) is 0 Å². The van der Waals surface area contributed by atoms with Gasteiger partial charge in [0.2, 0.25) is 0 Å². The first kappa shape index (κ1) is 18.9. The second-order valence-electron chi connectivity index (χ2n) is 10.3. The number of benzene rings is 2. The first-order valence-corrected chi connectivity index (χ1v) is 12.1. The zero-order valence-corrected chi connectivity index (χ0v) is 18.3. The van der Waals surface area contributed by atoms with Gasteiger partial charge >= 0.3 is 0 Å². The van der Waals surface area contributed by atoms with E-state index in [2.05, 4.69) is 76.3 Å². The number of rotatable bonds is 2. The number of hydrogen-bond acceptors (Lipinski definition) is 3. The van der Waals surface area contributed by atoms with E-state index in [1.807, 2.05) is 0 Å². The van der Waals surface area contributed by atoms with Crippen LogP contribution in [0.2, 0.25) is 0 Å². The van der Waals surface area contributed by atoms with Crippen molar-refractivity contribution in [2.24, 2.45) is 11.8 Å². The van der Waals surface area contributed by atoms with Gasteiger partial charge in [-0.25, -0.2) is 0 Å². The topological polar surface area (TPSA) is 9.72 Å². The quantitative estimate of drug-likeness (QED) is 0.728. The Bertz CT molecular complexity index is 886. The highest BCUT2D eigenvalue weighted by molar-refractivity contribution is 5.52. The highest BCUT2D eigenvalue weighted by atomic mass is 15.3. The molecule has 158 valence electrons. The monoisotopic (exact) mass is 401 g/mol. The molecule has 0 radical (unpaired) electrons. The van der Waals surface area contributed by atoms with Crippen molar-refractivity contribution in [1.82, 2.24) is 9.80 Å². The molecular formula is C27H35N3. The van der Waals surface area contributed by atoms with E-state index in [1.54, 1.807) is 11.1 Å². The number of piperidine rings is 1. The number of anilines is 1. The van der Waals surface area contributed by atoms with Gasteiger partial charge in [-0.05, 0) is 68.3 Å². The van der Waals surface area contributed by atoms with Crippen LogP contribution in [0, 0.1) is 11.8 Å². The van der Waals surface area contributed by atoms with Crippen LogP contribution in [0.3, 0.4) is 0 Å². The Kier molecular flexibility index (Phi) is 4.65. The van der Waals surface area contributed by atoms with Gasteiger partial charge in [0, 0.05) is 55.9 Å². The number of aryl methyl sites for hydroxylation is 1. The molecule has 3 saturated heterocycles. The van der Waals surface area contributed by atoms with Crippen LogP contribution in [0.5, 0.6) is 0 Å². The minimum absolute atomic E-state index is 0.349. The lowest BCUT2D eigenvalue weighted by atomic mass is 9.74. The molecule has 0 unspecified atom stereocenters. The highest BCUT2D eigenvalue weighted by Crippen LogP contribution is 2.51. The van der Waals surface area contributed by atoms with Gasteiger partial charge in [0.05, 0.1) is 0 Å². The lowest BCUT2D eigenvalue weighted by molar-refractivity contribution is 0.0857. The predicted octanol–water partition coefficient (Wildman–Crippen LogP) is 4.60. The summed E-state index contributed by atoms with van der Waals surface area (Å²) in [5, 5.41) is 0. The number of fused-ring (bicyclic) bond motifs is 3. The normalized spacial score (nSPS) is 31.1. The smallest absolute Gasteiger partial charge is 0.0470 e. The van der Waals surface area contributed by atoms with Crippen LogP contribution in [-0.2, 0) is 6.42 Å². The number of likely N-dealkylation sites (tertiary alicyclic amines) is 2. The van der Waals surface area contributed by atoms with Gasteiger partial charge in [0.15, 0.2) is 0 Å². The molecule has 0 aromatic heterocycles. The van der Waals surface area contributed by atoms with Gasteiger partial charge in [-0.1, -0.05) is 42.5 Å². The Balaban J connectivity index is 1.28. The van der Waals surface area contributed by atoms with Crippen molar-refractivity contribution in [2.75, 3.05) is 44.7 Å². The van der Waals surface area contributed by atoms with E-state index in [9.17, 15) is 0 Å². The third-order valence-corrected chi connectivity index (χ3v) is 8.78. The summed E-state index contributed by atoms with van der Waals surface area (Å²) < 4.78 is 0. The molecule has 3 atom stereocenters. The maximum Gasteiger partial charge on any atom is 0.0470 e. The first-order valence-electron chi connectivity index (χ1n) is 12.1. The Morgan fingerprint density at radius 3 is 2.47 bits per heavy atom. The van der Waals surface area contributed by atoms with Crippen molar-refractivity contribution in [1.29, 1.82) is 0 Å². The molecule has 2 aromatic carbocycles. The molecule has 1 spiro atoms. The highest BCUT2D eigenvalue weighted by Gasteiger charge is 2.57. The van der Waals surface area contributed by atoms with Gasteiger partial charge in [-0.15, -0.1) is 0 Å². The van der Waals surface area contributed by atoms with Crippen LogP contribution in [0.25, 0.3) is 0 Å². The number of nitrogens with zero attached hydrogens (tertiary/aromatic N) is 3. The third kappa shape index (κ3) is 2.93. The Hall–Kier alpha value is -1.84. The summed E-state index contributed by atoms with van der Waals surface area (Å²) in [5.74, 6) is 1.65. The molecular weight excluding hydrogens is 366 g/mol. The molecule has 30 heavy (non-hydrogen) atoms. The Morgan fingerprint density at radius 2 is 1.63 bits per heavy atom. The second kappa shape index (κ2) is 7.39. The van der Waals surface area contributed by atoms with Crippen molar-refractivity contribution < 1.29 is 0 Å². The van der Waals surface area contributed by atoms with Crippen molar-refractivity contribution >= 4 is 5.69 Å². The predicted molar refractivity (Wildman–Crippen MR) is 124 cm³/mol. The summed E-state index contributed by atoms with van der Waals surface area (Å²) >= 11 is 0. The molecule has 0 saturated carbocycles. The van der Waals surface area contributed by atoms with E-state index >= 15 is 0 Å². The largest absolute Gasteiger partial charge is 0.365 e. The average Bonchev–Trinajstić information content (AvgIpc) is 3.30. The summed E-state index contributed by atoms with van der Waals surface area (Å²) in [4.78, 5) is 8.25. The van der Waals surface area contributed by atoms with E-state index in [1.165, 1.54) is 70.5 Å². The summed E-state index contributed by atoms with van der Waals surface area (Å²) in [6, 6.07) is 21.2. The summed E-state index contributed by atoms with van der Waals surface area (Å²) in [6.07, 6.45) is 6.57. The zero-order chi connectivity index (χ0) is 20.1. The number of hydrogen-bond donors (Lipinski definition) is 0. The lowest BCUT2D eigenvalue weighted by Crippen LogP contribution is -2.57. The van der Waals surface area contributed by atoms with E-state index in [0.29, 0.717) is 11.6 Å². The standard InChI is InChI=1S/C27H35N3/c1-28-18-22-19-30(23-10-3-2-4-11-23)27(25(22)20-28)14-16-29(17-15-27)26-13-7-9-21-8-5-6-12-24(21)26/h2-6,8,10-12,22,25-26H,7,9,13-20H2,1H3/t22-,25-,26-/m1/s1. The molecule has 6 rings (SSSR count). The summed E-state index contributed by atoms with van der Waals surface area (Å²) in [7, 11) is 2.33. The molecule has 0 N–H and O–H groups in total. The fourth-order valence-electron chi connectivity index (χ4n) is 7.44. The SMILES string of the molecule is CN1C[C@@H]2CN(c3ccccc3)C3(CCN([C@@H]4CCCc5ccccc54)CC3)[C@@H]2C1.